The van der Waals surface area contributed by atoms with Crippen LogP contribution in [-0.2, 0) is 0 Å². The maximum Gasteiger partial charge on any atom is 0.504 e. The number of aliphatic hydroxyl groups is 2. The van der Waals surface area contributed by atoms with E-state index in [1.54, 1.807) is 0 Å². The summed E-state index contributed by atoms with van der Waals surface area (Å²) in [6.07, 6.45) is 0. The lowest BCUT2D eigenvalue weighted by Gasteiger charge is -2.07. The van der Waals surface area contributed by atoms with Crippen molar-refractivity contribution in [2.45, 2.75) is 19.8 Å². The fraction of sp³-hybridized carbons (Fsp3) is 0.455. The molecule has 0 spiro atoms. The Hall–Kier alpha value is -1.04. The number of aliphatic hydroxyl groups excluding tert-OH is 2. The molecule has 0 saturated carbocycles. The van der Waals surface area contributed by atoms with Crippen LogP contribution in [0.25, 0.3) is 0 Å². The Bertz CT molecular complexity index is 276. The standard InChI is InChI=1S/C9H13BO2.C2H6O2/c1-7(2)8-4-3-5-9(6-8)12-10-11;3-1-2-4/h3-7,10-11H,1-2H3;3-4H,1-2H2. The van der Waals surface area contributed by atoms with Gasteiger partial charge in [0.1, 0.15) is 5.75 Å². The lowest BCUT2D eigenvalue weighted by molar-refractivity contribution is 0.186. The summed E-state index contributed by atoms with van der Waals surface area (Å²) in [5.41, 5.74) is 1.22. The molecule has 3 N–H and O–H groups in total. The Morgan fingerprint density at radius 2 is 1.88 bits per heavy atom. The van der Waals surface area contributed by atoms with Crippen molar-refractivity contribution in [1.82, 2.24) is 0 Å². The van der Waals surface area contributed by atoms with E-state index in [-0.39, 0.29) is 20.9 Å². The smallest absolute Gasteiger partial charge is 0.504 e. The molecule has 1 aromatic rings. The van der Waals surface area contributed by atoms with E-state index in [1.165, 1.54) is 5.56 Å². The van der Waals surface area contributed by atoms with Crippen LogP contribution in [0.2, 0.25) is 0 Å². The largest absolute Gasteiger partial charge is 0.539 e. The Morgan fingerprint density at radius 1 is 1.25 bits per heavy atom. The molecule has 0 saturated heterocycles. The van der Waals surface area contributed by atoms with Crippen LogP contribution in [0.5, 0.6) is 5.75 Å². The fourth-order valence-electron chi connectivity index (χ4n) is 1.04. The summed E-state index contributed by atoms with van der Waals surface area (Å²) in [5, 5.41) is 23.8. The maximum atomic E-state index is 8.53. The number of benzene rings is 1. The molecule has 5 heteroatoms. The second-order valence-electron chi connectivity index (χ2n) is 3.45. The number of hydrogen-bond acceptors (Lipinski definition) is 4. The molecule has 0 aliphatic rings. The predicted octanol–water partition coefficient (Wildman–Crippen LogP) is 0.419. The van der Waals surface area contributed by atoms with Crippen molar-refractivity contribution in [3.05, 3.63) is 29.8 Å². The quantitative estimate of drug-likeness (QED) is 0.650. The summed E-state index contributed by atoms with van der Waals surface area (Å²) in [6.45, 7) is 4.00. The van der Waals surface area contributed by atoms with E-state index >= 15 is 0 Å². The molecule has 16 heavy (non-hydrogen) atoms. The summed E-state index contributed by atoms with van der Waals surface area (Å²) < 4.78 is 4.95. The zero-order valence-electron chi connectivity index (χ0n) is 9.76. The van der Waals surface area contributed by atoms with Crippen LogP contribution < -0.4 is 4.65 Å². The van der Waals surface area contributed by atoms with Gasteiger partial charge in [-0.25, -0.2) is 0 Å². The van der Waals surface area contributed by atoms with Gasteiger partial charge in [-0.3, -0.25) is 0 Å². The first-order valence-corrected chi connectivity index (χ1v) is 5.21. The molecule has 1 rings (SSSR count). The summed E-state index contributed by atoms with van der Waals surface area (Å²) >= 11 is 0. The van der Waals surface area contributed by atoms with E-state index in [4.69, 9.17) is 19.9 Å². The lowest BCUT2D eigenvalue weighted by atomic mass is 10.0. The van der Waals surface area contributed by atoms with Gasteiger partial charge in [0.25, 0.3) is 0 Å². The highest BCUT2D eigenvalue weighted by Gasteiger charge is 2.00. The average molecular weight is 226 g/mol. The Morgan fingerprint density at radius 3 is 2.31 bits per heavy atom. The molecule has 0 aliphatic heterocycles. The van der Waals surface area contributed by atoms with Gasteiger partial charge in [0.15, 0.2) is 0 Å². The SMILES string of the molecule is CC(C)c1cccc(OBO)c1.OCCO. The monoisotopic (exact) mass is 226 g/mol. The van der Waals surface area contributed by atoms with E-state index in [0.29, 0.717) is 5.92 Å². The van der Waals surface area contributed by atoms with Gasteiger partial charge in [-0.05, 0) is 23.6 Å². The molecular formula is C11H19BO4. The molecule has 0 radical (unpaired) electrons. The third-order valence-electron chi connectivity index (χ3n) is 1.86. The second-order valence-corrected chi connectivity index (χ2v) is 3.45. The third kappa shape index (κ3) is 6.45. The van der Waals surface area contributed by atoms with Gasteiger partial charge in [-0.2, -0.15) is 0 Å². The molecule has 4 nitrogen and oxygen atoms in total. The van der Waals surface area contributed by atoms with Crippen molar-refractivity contribution < 1.29 is 19.9 Å². The van der Waals surface area contributed by atoms with Crippen molar-refractivity contribution in [3.63, 3.8) is 0 Å². The van der Waals surface area contributed by atoms with Crippen LogP contribution >= 0.6 is 0 Å². The normalized spacial score (nSPS) is 9.38. The molecule has 1 aromatic carbocycles. The molecule has 0 aliphatic carbocycles. The van der Waals surface area contributed by atoms with Crippen LogP contribution in [0, 0.1) is 0 Å². The summed E-state index contributed by atoms with van der Waals surface area (Å²) in [4.78, 5) is 0. The summed E-state index contributed by atoms with van der Waals surface area (Å²) in [6, 6.07) is 7.76. The lowest BCUT2D eigenvalue weighted by Crippen LogP contribution is -2.00. The highest BCUT2D eigenvalue weighted by Crippen LogP contribution is 2.19. The van der Waals surface area contributed by atoms with Crippen LogP contribution in [-0.4, -0.2) is 36.1 Å². The average Bonchev–Trinajstić information content (AvgIpc) is 2.30. The molecule has 0 bridgehead atoms. The Kier molecular flexibility index (Phi) is 8.61. The van der Waals surface area contributed by atoms with E-state index in [9.17, 15) is 0 Å². The van der Waals surface area contributed by atoms with Crippen molar-refractivity contribution in [2.75, 3.05) is 13.2 Å². The Labute approximate surface area is 96.8 Å². The minimum absolute atomic E-state index is 0.125. The minimum atomic E-state index is -0.262. The zero-order valence-corrected chi connectivity index (χ0v) is 9.76. The summed E-state index contributed by atoms with van der Waals surface area (Å²) in [5.74, 6) is 1.22. The predicted molar refractivity (Wildman–Crippen MR) is 64.7 cm³/mol. The molecule has 0 unspecified atom stereocenters. The van der Waals surface area contributed by atoms with Crippen molar-refractivity contribution >= 4 is 7.69 Å². The number of hydrogen-bond donors (Lipinski definition) is 3. The van der Waals surface area contributed by atoms with E-state index < -0.39 is 0 Å². The first-order valence-electron chi connectivity index (χ1n) is 5.21. The third-order valence-corrected chi connectivity index (χ3v) is 1.86. The molecule has 90 valence electrons. The van der Waals surface area contributed by atoms with Gasteiger partial charge in [0.05, 0.1) is 13.2 Å². The van der Waals surface area contributed by atoms with Gasteiger partial charge < -0.3 is 19.9 Å². The highest BCUT2D eigenvalue weighted by atomic mass is 16.5. The van der Waals surface area contributed by atoms with Crippen LogP contribution in [0.4, 0.5) is 0 Å². The van der Waals surface area contributed by atoms with Crippen molar-refractivity contribution in [3.8, 4) is 5.75 Å². The van der Waals surface area contributed by atoms with Gasteiger partial charge in [0, 0.05) is 0 Å². The highest BCUT2D eigenvalue weighted by molar-refractivity contribution is 6.17. The van der Waals surface area contributed by atoms with Crippen LogP contribution in [0.1, 0.15) is 25.3 Å². The van der Waals surface area contributed by atoms with E-state index in [1.807, 2.05) is 18.2 Å². The Balaban J connectivity index is 0.000000487. The van der Waals surface area contributed by atoms with Gasteiger partial charge >= 0.3 is 7.69 Å². The molecular weight excluding hydrogens is 207 g/mol. The van der Waals surface area contributed by atoms with Gasteiger partial charge in [-0.15, -0.1) is 0 Å². The van der Waals surface area contributed by atoms with E-state index in [2.05, 4.69) is 19.9 Å². The number of rotatable bonds is 4. The molecule has 0 heterocycles. The topological polar surface area (TPSA) is 69.9 Å². The zero-order chi connectivity index (χ0) is 12.4. The molecule has 0 atom stereocenters. The summed E-state index contributed by atoms with van der Waals surface area (Å²) in [7, 11) is -0.262. The van der Waals surface area contributed by atoms with Gasteiger partial charge in [0.2, 0.25) is 0 Å². The molecule has 0 amide bonds. The van der Waals surface area contributed by atoms with E-state index in [0.717, 1.165) is 5.75 Å². The van der Waals surface area contributed by atoms with Crippen LogP contribution in [0.15, 0.2) is 24.3 Å². The second kappa shape index (κ2) is 9.21. The maximum absolute atomic E-state index is 8.53. The van der Waals surface area contributed by atoms with Crippen molar-refractivity contribution in [1.29, 1.82) is 0 Å². The van der Waals surface area contributed by atoms with Crippen LogP contribution in [0.3, 0.4) is 0 Å². The minimum Gasteiger partial charge on any atom is -0.539 e. The fourth-order valence-corrected chi connectivity index (χ4v) is 1.04. The first-order chi connectivity index (χ1) is 7.65. The molecule has 0 aromatic heterocycles. The first kappa shape index (κ1) is 15.0. The van der Waals surface area contributed by atoms with Gasteiger partial charge in [-0.1, -0.05) is 26.0 Å². The molecule has 0 fully saturated rings. The van der Waals surface area contributed by atoms with Crippen molar-refractivity contribution in [2.24, 2.45) is 0 Å².